The standard InChI is InChI=1S/C21H21ClF2O4S/c22-14-3-5-15(6-4-14)29(26,27)21-10-1-2-13(9-11-25)16(21)12-28-20-18(24)8-7-17(23)19(20)21/h3-8,13,16,25H,1-2,9-12H2/t13-,16-,21-/m0/s1. The van der Waals surface area contributed by atoms with Crippen LogP contribution >= 0.6 is 11.6 Å². The Balaban J connectivity index is 2.01. The summed E-state index contributed by atoms with van der Waals surface area (Å²) in [5.41, 5.74) is -0.230. The zero-order valence-electron chi connectivity index (χ0n) is 15.6. The Hall–Kier alpha value is -1.70. The van der Waals surface area contributed by atoms with Gasteiger partial charge in [0, 0.05) is 17.5 Å². The molecule has 8 heteroatoms. The summed E-state index contributed by atoms with van der Waals surface area (Å²) in [4.78, 5) is 0.00746. The number of ether oxygens (including phenoxy) is 1. The van der Waals surface area contributed by atoms with Gasteiger partial charge in [-0.15, -0.1) is 0 Å². The topological polar surface area (TPSA) is 63.6 Å². The first-order chi connectivity index (χ1) is 13.8. The number of benzene rings is 2. The molecule has 4 rings (SSSR count). The highest BCUT2D eigenvalue weighted by Crippen LogP contribution is 2.58. The van der Waals surface area contributed by atoms with E-state index in [0.717, 1.165) is 12.1 Å². The second-order valence-corrected chi connectivity index (χ2v) is 10.3. The third-order valence-electron chi connectivity index (χ3n) is 6.28. The van der Waals surface area contributed by atoms with Crippen LogP contribution in [0.15, 0.2) is 41.3 Å². The molecule has 3 atom stereocenters. The molecular weight excluding hydrogens is 422 g/mol. The Morgan fingerprint density at radius 3 is 2.52 bits per heavy atom. The lowest BCUT2D eigenvalue weighted by Gasteiger charge is -2.50. The zero-order chi connectivity index (χ0) is 20.8. The minimum absolute atomic E-state index is 0.00746. The summed E-state index contributed by atoms with van der Waals surface area (Å²) in [5, 5.41) is 9.88. The Morgan fingerprint density at radius 1 is 1.14 bits per heavy atom. The average Bonchev–Trinajstić information content (AvgIpc) is 2.71. The highest BCUT2D eigenvalue weighted by molar-refractivity contribution is 7.92. The van der Waals surface area contributed by atoms with Gasteiger partial charge in [-0.1, -0.05) is 18.0 Å². The summed E-state index contributed by atoms with van der Waals surface area (Å²) >= 11 is 5.92. The Kier molecular flexibility index (Phi) is 5.34. The maximum Gasteiger partial charge on any atom is 0.188 e. The van der Waals surface area contributed by atoms with Crippen LogP contribution in [0.25, 0.3) is 0 Å². The van der Waals surface area contributed by atoms with Gasteiger partial charge >= 0.3 is 0 Å². The summed E-state index contributed by atoms with van der Waals surface area (Å²) in [6.07, 6.45) is 1.74. The molecule has 0 saturated heterocycles. The number of hydrogen-bond acceptors (Lipinski definition) is 4. The van der Waals surface area contributed by atoms with Crippen molar-refractivity contribution in [3.63, 3.8) is 0 Å². The van der Waals surface area contributed by atoms with Gasteiger partial charge in [0.15, 0.2) is 21.4 Å². The molecule has 2 aromatic carbocycles. The number of fused-ring (bicyclic) bond motifs is 3. The van der Waals surface area contributed by atoms with E-state index in [-0.39, 0.29) is 41.8 Å². The van der Waals surface area contributed by atoms with E-state index >= 15 is 4.39 Å². The number of aliphatic hydroxyl groups is 1. The van der Waals surface area contributed by atoms with Gasteiger partial charge in [-0.2, -0.15) is 0 Å². The van der Waals surface area contributed by atoms with Crippen LogP contribution in [0, 0.1) is 23.5 Å². The maximum atomic E-state index is 15.1. The quantitative estimate of drug-likeness (QED) is 0.758. The monoisotopic (exact) mass is 442 g/mol. The highest BCUT2D eigenvalue weighted by atomic mass is 35.5. The van der Waals surface area contributed by atoms with Crippen LogP contribution in [0.3, 0.4) is 0 Å². The number of rotatable bonds is 4. The normalized spacial score (nSPS) is 26.3. The average molecular weight is 443 g/mol. The minimum atomic E-state index is -4.13. The Bertz CT molecular complexity index is 1020. The summed E-state index contributed by atoms with van der Waals surface area (Å²) in [5.74, 6) is -2.70. The molecule has 0 spiro atoms. The van der Waals surface area contributed by atoms with Crippen LogP contribution in [0.2, 0.25) is 5.02 Å². The largest absolute Gasteiger partial charge is 0.490 e. The molecule has 0 aromatic heterocycles. The van der Waals surface area contributed by atoms with E-state index in [4.69, 9.17) is 16.3 Å². The molecule has 1 aliphatic heterocycles. The van der Waals surface area contributed by atoms with Gasteiger partial charge < -0.3 is 9.84 Å². The molecule has 1 heterocycles. The molecule has 4 nitrogen and oxygen atoms in total. The fraction of sp³-hybridized carbons (Fsp3) is 0.429. The summed E-state index contributed by atoms with van der Waals surface area (Å²) in [6, 6.07) is 7.63. The van der Waals surface area contributed by atoms with E-state index in [2.05, 4.69) is 0 Å². The lowest BCUT2D eigenvalue weighted by molar-refractivity contribution is 0.0615. The molecule has 2 aliphatic rings. The lowest BCUT2D eigenvalue weighted by atomic mass is 9.66. The van der Waals surface area contributed by atoms with Crippen molar-refractivity contribution in [2.45, 2.75) is 35.3 Å². The van der Waals surface area contributed by atoms with Crippen molar-refractivity contribution in [3.8, 4) is 5.75 Å². The third-order valence-corrected chi connectivity index (χ3v) is 9.10. The molecule has 1 aliphatic carbocycles. The number of hydrogen-bond donors (Lipinski definition) is 1. The van der Waals surface area contributed by atoms with Crippen LogP contribution in [0.4, 0.5) is 8.78 Å². The Labute approximate surface area is 173 Å². The first-order valence-electron chi connectivity index (χ1n) is 9.55. The van der Waals surface area contributed by atoms with Crippen molar-refractivity contribution in [3.05, 3.63) is 58.6 Å². The highest BCUT2D eigenvalue weighted by Gasteiger charge is 2.60. The second kappa shape index (κ2) is 7.52. The molecule has 156 valence electrons. The summed E-state index contributed by atoms with van der Waals surface area (Å²) in [6.45, 7) is -0.165. The molecule has 0 bridgehead atoms. The van der Waals surface area contributed by atoms with Crippen molar-refractivity contribution >= 4 is 21.4 Å². The van der Waals surface area contributed by atoms with Gasteiger partial charge in [0.05, 0.1) is 17.1 Å². The second-order valence-electron chi connectivity index (χ2n) is 7.66. The molecule has 0 unspecified atom stereocenters. The van der Waals surface area contributed by atoms with Gasteiger partial charge in [-0.05, 0) is 61.6 Å². The molecule has 1 fully saturated rings. The first-order valence-corrected chi connectivity index (χ1v) is 11.4. The third kappa shape index (κ3) is 3.05. The fourth-order valence-electron chi connectivity index (χ4n) is 5.02. The van der Waals surface area contributed by atoms with Gasteiger partial charge in [0.25, 0.3) is 0 Å². The zero-order valence-corrected chi connectivity index (χ0v) is 17.1. The van der Waals surface area contributed by atoms with E-state index in [1.165, 1.54) is 24.3 Å². The minimum Gasteiger partial charge on any atom is -0.490 e. The molecule has 0 radical (unpaired) electrons. The molecule has 2 aromatic rings. The van der Waals surface area contributed by atoms with Gasteiger partial charge in [-0.3, -0.25) is 0 Å². The van der Waals surface area contributed by atoms with Crippen molar-refractivity contribution in [2.75, 3.05) is 13.2 Å². The van der Waals surface area contributed by atoms with E-state index < -0.39 is 32.1 Å². The molecule has 29 heavy (non-hydrogen) atoms. The van der Waals surface area contributed by atoms with Crippen molar-refractivity contribution < 1.29 is 27.0 Å². The van der Waals surface area contributed by atoms with Crippen molar-refractivity contribution in [2.24, 2.45) is 11.8 Å². The number of halogens is 3. The van der Waals surface area contributed by atoms with Crippen LogP contribution in [0.1, 0.15) is 31.2 Å². The van der Waals surface area contributed by atoms with E-state index in [9.17, 15) is 17.9 Å². The Morgan fingerprint density at radius 2 is 1.83 bits per heavy atom. The lowest BCUT2D eigenvalue weighted by Crippen LogP contribution is -2.54. The molecular formula is C21H21ClF2O4S. The van der Waals surface area contributed by atoms with Crippen molar-refractivity contribution in [1.82, 2.24) is 0 Å². The smallest absolute Gasteiger partial charge is 0.188 e. The summed E-state index contributed by atoms with van der Waals surface area (Å²) < 4.78 is 61.5. The maximum absolute atomic E-state index is 15.1. The first kappa shape index (κ1) is 20.6. The van der Waals surface area contributed by atoms with Gasteiger partial charge in [0.2, 0.25) is 0 Å². The number of sulfone groups is 1. The van der Waals surface area contributed by atoms with Crippen LogP contribution in [0.5, 0.6) is 5.75 Å². The number of aliphatic hydroxyl groups excluding tert-OH is 1. The van der Waals surface area contributed by atoms with Crippen LogP contribution < -0.4 is 4.74 Å². The van der Waals surface area contributed by atoms with E-state index in [0.29, 0.717) is 24.3 Å². The predicted octanol–water partition coefficient (Wildman–Crippen LogP) is 4.48. The van der Waals surface area contributed by atoms with E-state index in [1.807, 2.05) is 0 Å². The predicted molar refractivity (Wildman–Crippen MR) is 105 cm³/mol. The van der Waals surface area contributed by atoms with Crippen LogP contribution in [-0.2, 0) is 14.6 Å². The summed E-state index contributed by atoms with van der Waals surface area (Å²) in [7, 11) is -4.13. The van der Waals surface area contributed by atoms with Crippen molar-refractivity contribution in [1.29, 1.82) is 0 Å². The van der Waals surface area contributed by atoms with Crippen LogP contribution in [-0.4, -0.2) is 26.7 Å². The van der Waals surface area contributed by atoms with Gasteiger partial charge in [-0.25, -0.2) is 17.2 Å². The SMILES string of the molecule is O=S(=O)(c1ccc(Cl)cc1)[C@@]12CCC[C@@H](CCO)[C@@H]1COc1c(F)ccc(F)c12. The van der Waals surface area contributed by atoms with Gasteiger partial charge in [0.1, 0.15) is 10.6 Å². The molecule has 1 saturated carbocycles. The van der Waals surface area contributed by atoms with E-state index in [1.54, 1.807) is 0 Å². The fourth-order valence-corrected chi connectivity index (χ4v) is 7.59. The molecule has 1 N–H and O–H groups in total. The molecule has 0 amide bonds.